The zero-order chi connectivity index (χ0) is 11.8. The summed E-state index contributed by atoms with van der Waals surface area (Å²) in [6.07, 6.45) is 5.30. The van der Waals surface area contributed by atoms with Crippen LogP contribution in [0.4, 0.5) is 5.82 Å². The summed E-state index contributed by atoms with van der Waals surface area (Å²) in [6, 6.07) is 4.28. The fourth-order valence-corrected chi connectivity index (χ4v) is 3.19. The number of fused-ring (bicyclic) bond motifs is 2. The number of nitrogens with zero attached hydrogens (tertiary/aromatic N) is 2. The highest BCUT2D eigenvalue weighted by Crippen LogP contribution is 2.37. The molecular weight excluding hydrogens is 212 g/mol. The molecule has 2 atom stereocenters. The first kappa shape index (κ1) is 11.0. The van der Waals surface area contributed by atoms with Crippen LogP contribution < -0.4 is 4.90 Å². The van der Waals surface area contributed by atoms with Crippen molar-refractivity contribution in [3.05, 3.63) is 23.9 Å². The molecule has 3 rings (SSSR count). The van der Waals surface area contributed by atoms with Crippen molar-refractivity contribution in [3.63, 3.8) is 0 Å². The molecule has 1 saturated carbocycles. The van der Waals surface area contributed by atoms with E-state index in [0.29, 0.717) is 11.8 Å². The topological polar surface area (TPSA) is 36.4 Å². The van der Waals surface area contributed by atoms with Crippen molar-refractivity contribution < 1.29 is 5.11 Å². The van der Waals surface area contributed by atoms with Crippen molar-refractivity contribution in [2.75, 3.05) is 18.0 Å². The van der Waals surface area contributed by atoms with Crippen molar-refractivity contribution in [3.8, 4) is 0 Å². The Labute approximate surface area is 102 Å². The van der Waals surface area contributed by atoms with Gasteiger partial charge in [0.1, 0.15) is 5.82 Å². The fraction of sp³-hybridized carbons (Fsp3) is 0.643. The molecule has 1 saturated heterocycles. The van der Waals surface area contributed by atoms with E-state index in [4.69, 9.17) is 0 Å². The van der Waals surface area contributed by atoms with Crippen molar-refractivity contribution >= 4 is 5.82 Å². The van der Waals surface area contributed by atoms with Crippen LogP contribution >= 0.6 is 0 Å². The molecule has 2 heterocycles. The molecule has 2 unspecified atom stereocenters. The maximum atomic E-state index is 10.0. The largest absolute Gasteiger partial charge is 0.392 e. The SMILES string of the molecule is CCc1ccc(N2CC3CCC(C2)C3O)nc1. The summed E-state index contributed by atoms with van der Waals surface area (Å²) >= 11 is 0. The molecule has 92 valence electrons. The molecule has 2 fully saturated rings. The zero-order valence-electron chi connectivity index (χ0n) is 10.3. The van der Waals surface area contributed by atoms with Crippen molar-refractivity contribution in [2.45, 2.75) is 32.3 Å². The lowest BCUT2D eigenvalue weighted by atomic mass is 9.95. The smallest absolute Gasteiger partial charge is 0.128 e. The Kier molecular flexibility index (Phi) is 2.79. The van der Waals surface area contributed by atoms with Crippen LogP contribution in [0, 0.1) is 11.8 Å². The first-order valence-corrected chi connectivity index (χ1v) is 6.66. The number of aryl methyl sites for hydroxylation is 1. The molecule has 3 nitrogen and oxygen atoms in total. The summed E-state index contributed by atoms with van der Waals surface area (Å²) in [5.74, 6) is 1.99. The van der Waals surface area contributed by atoms with Gasteiger partial charge in [-0.3, -0.25) is 0 Å². The third-order valence-electron chi connectivity index (χ3n) is 4.33. The monoisotopic (exact) mass is 232 g/mol. The average molecular weight is 232 g/mol. The van der Waals surface area contributed by atoms with Gasteiger partial charge in [0.25, 0.3) is 0 Å². The number of rotatable bonds is 2. The van der Waals surface area contributed by atoms with Gasteiger partial charge < -0.3 is 10.0 Å². The van der Waals surface area contributed by atoms with Crippen LogP contribution in [-0.2, 0) is 6.42 Å². The second-order valence-corrected chi connectivity index (χ2v) is 5.37. The molecule has 2 bridgehead atoms. The molecule has 2 aliphatic rings. The van der Waals surface area contributed by atoms with E-state index in [-0.39, 0.29) is 6.10 Å². The van der Waals surface area contributed by atoms with Crippen LogP contribution in [0.25, 0.3) is 0 Å². The minimum Gasteiger partial charge on any atom is -0.392 e. The van der Waals surface area contributed by atoms with Crippen LogP contribution in [0.15, 0.2) is 18.3 Å². The highest BCUT2D eigenvalue weighted by molar-refractivity contribution is 5.40. The standard InChI is InChI=1S/C14H20N2O/c1-2-10-3-6-13(15-7-10)16-8-11-4-5-12(9-16)14(11)17/h3,6-7,11-12,14,17H,2,4-5,8-9H2,1H3. The van der Waals surface area contributed by atoms with Gasteiger partial charge in [-0.25, -0.2) is 4.98 Å². The fourth-order valence-electron chi connectivity index (χ4n) is 3.19. The average Bonchev–Trinajstić information content (AvgIpc) is 2.61. The van der Waals surface area contributed by atoms with Gasteiger partial charge in [0.15, 0.2) is 0 Å². The van der Waals surface area contributed by atoms with Crippen LogP contribution in [-0.4, -0.2) is 29.3 Å². The molecule has 1 aliphatic carbocycles. The van der Waals surface area contributed by atoms with Gasteiger partial charge in [0.2, 0.25) is 0 Å². The molecule has 0 aromatic carbocycles. The van der Waals surface area contributed by atoms with Gasteiger partial charge in [-0.05, 0) is 30.9 Å². The summed E-state index contributed by atoms with van der Waals surface area (Å²) in [5.41, 5.74) is 1.29. The number of aromatic nitrogens is 1. The van der Waals surface area contributed by atoms with Crippen LogP contribution in [0.5, 0.6) is 0 Å². The summed E-state index contributed by atoms with van der Waals surface area (Å²) in [7, 11) is 0. The number of piperidine rings is 1. The Hall–Kier alpha value is -1.09. The van der Waals surface area contributed by atoms with E-state index in [9.17, 15) is 5.11 Å². The van der Waals surface area contributed by atoms with Crippen LogP contribution in [0.3, 0.4) is 0 Å². The normalized spacial score (nSPS) is 31.9. The maximum absolute atomic E-state index is 10.0. The van der Waals surface area contributed by atoms with Gasteiger partial charge in [0, 0.05) is 31.1 Å². The third-order valence-corrected chi connectivity index (χ3v) is 4.33. The molecule has 17 heavy (non-hydrogen) atoms. The van der Waals surface area contributed by atoms with E-state index >= 15 is 0 Å². The summed E-state index contributed by atoms with van der Waals surface area (Å²) < 4.78 is 0. The van der Waals surface area contributed by atoms with Gasteiger partial charge in [-0.2, -0.15) is 0 Å². The molecule has 0 amide bonds. The number of hydrogen-bond acceptors (Lipinski definition) is 3. The first-order valence-electron chi connectivity index (χ1n) is 6.66. The van der Waals surface area contributed by atoms with Crippen molar-refractivity contribution in [1.82, 2.24) is 4.98 Å². The molecule has 1 aromatic rings. The second-order valence-electron chi connectivity index (χ2n) is 5.37. The Balaban J connectivity index is 1.76. The Bertz CT molecular complexity index is 376. The highest BCUT2D eigenvalue weighted by Gasteiger charge is 2.41. The zero-order valence-corrected chi connectivity index (χ0v) is 10.3. The summed E-state index contributed by atoms with van der Waals surface area (Å²) in [6.45, 7) is 4.08. The lowest BCUT2D eigenvalue weighted by Crippen LogP contribution is -2.45. The van der Waals surface area contributed by atoms with Gasteiger partial charge in [-0.15, -0.1) is 0 Å². The predicted molar refractivity (Wildman–Crippen MR) is 68.0 cm³/mol. The molecular formula is C14H20N2O. The Morgan fingerprint density at radius 3 is 2.53 bits per heavy atom. The van der Waals surface area contributed by atoms with Crippen molar-refractivity contribution in [2.24, 2.45) is 11.8 Å². The first-order chi connectivity index (χ1) is 8.28. The quantitative estimate of drug-likeness (QED) is 0.845. The Morgan fingerprint density at radius 1 is 1.29 bits per heavy atom. The van der Waals surface area contributed by atoms with E-state index in [0.717, 1.165) is 25.3 Å². The van der Waals surface area contributed by atoms with Crippen LogP contribution in [0.2, 0.25) is 0 Å². The number of anilines is 1. The third kappa shape index (κ3) is 1.93. The maximum Gasteiger partial charge on any atom is 0.128 e. The molecule has 3 heteroatoms. The number of pyridine rings is 1. The minimum absolute atomic E-state index is 0.0684. The minimum atomic E-state index is -0.0684. The van der Waals surface area contributed by atoms with Crippen molar-refractivity contribution in [1.29, 1.82) is 0 Å². The van der Waals surface area contributed by atoms with Gasteiger partial charge in [0.05, 0.1) is 6.10 Å². The lowest BCUT2D eigenvalue weighted by molar-refractivity contribution is 0.0790. The molecule has 1 N–H and O–H groups in total. The Morgan fingerprint density at radius 2 is 2.00 bits per heavy atom. The molecule has 1 aliphatic heterocycles. The number of hydrogen-bond donors (Lipinski definition) is 1. The lowest BCUT2D eigenvalue weighted by Gasteiger charge is -2.36. The number of aliphatic hydroxyl groups excluding tert-OH is 1. The molecule has 0 spiro atoms. The second kappa shape index (κ2) is 4.30. The van der Waals surface area contributed by atoms with E-state index in [1.165, 1.54) is 18.4 Å². The van der Waals surface area contributed by atoms with E-state index < -0.39 is 0 Å². The van der Waals surface area contributed by atoms with Gasteiger partial charge in [-0.1, -0.05) is 13.0 Å². The molecule has 0 radical (unpaired) electrons. The predicted octanol–water partition coefficient (Wildman–Crippen LogP) is 1.85. The van der Waals surface area contributed by atoms with Crippen LogP contribution in [0.1, 0.15) is 25.3 Å². The summed E-state index contributed by atoms with van der Waals surface area (Å²) in [5, 5.41) is 10.0. The van der Waals surface area contributed by atoms with E-state index in [2.05, 4.69) is 28.9 Å². The number of aliphatic hydroxyl groups is 1. The van der Waals surface area contributed by atoms with E-state index in [1.807, 2.05) is 6.20 Å². The van der Waals surface area contributed by atoms with Gasteiger partial charge >= 0.3 is 0 Å². The highest BCUT2D eigenvalue weighted by atomic mass is 16.3. The summed E-state index contributed by atoms with van der Waals surface area (Å²) in [4.78, 5) is 6.88. The molecule has 1 aromatic heterocycles. The van der Waals surface area contributed by atoms with E-state index in [1.54, 1.807) is 0 Å².